The van der Waals surface area contributed by atoms with Gasteiger partial charge in [0, 0.05) is 11.8 Å². The Hall–Kier alpha value is -1.90. The number of aryl methyl sites for hydroxylation is 1. The van der Waals surface area contributed by atoms with Crippen LogP contribution in [0.5, 0.6) is 0 Å². The summed E-state index contributed by atoms with van der Waals surface area (Å²) in [7, 11) is 0. The Morgan fingerprint density at radius 3 is 2.73 bits per heavy atom. The van der Waals surface area contributed by atoms with Gasteiger partial charge in [0.05, 0.1) is 5.69 Å². The third-order valence-corrected chi connectivity index (χ3v) is 2.22. The zero-order valence-corrected chi connectivity index (χ0v) is 8.27. The first-order valence-corrected chi connectivity index (χ1v) is 4.63. The molecule has 3 heteroatoms. The monoisotopic (exact) mass is 203 g/mol. The van der Waals surface area contributed by atoms with Crippen molar-refractivity contribution >= 4 is 0 Å². The predicted molar refractivity (Wildman–Crippen MR) is 56.7 cm³/mol. The number of aromatic nitrogens is 1. The van der Waals surface area contributed by atoms with Crippen LogP contribution in [0.2, 0.25) is 0 Å². The molecule has 0 unspecified atom stereocenters. The largest absolute Gasteiger partial charge is 0.284 e. The number of halogens is 1. The van der Waals surface area contributed by atoms with Gasteiger partial charge >= 0.3 is 0 Å². The molecule has 0 aliphatic rings. The predicted octanol–water partition coefficient (Wildman–Crippen LogP) is 2.29. The molecule has 0 amide bonds. The number of nitrogens with zero attached hydrogens (tertiary/aromatic N) is 1. The Labute approximate surface area is 86.6 Å². The number of benzene rings is 1. The topological polar surface area (TPSA) is 22.0 Å². The molecule has 0 spiro atoms. The Kier molecular flexibility index (Phi) is 2.37. The van der Waals surface area contributed by atoms with Gasteiger partial charge in [-0.2, -0.15) is 0 Å². The molecular formula is C12H10FNO. The van der Waals surface area contributed by atoms with E-state index in [1.807, 2.05) is 0 Å². The molecule has 2 aromatic rings. The van der Waals surface area contributed by atoms with E-state index in [0.29, 0.717) is 11.3 Å². The van der Waals surface area contributed by atoms with E-state index in [1.54, 1.807) is 37.4 Å². The van der Waals surface area contributed by atoms with Crippen molar-refractivity contribution in [2.75, 3.05) is 0 Å². The van der Waals surface area contributed by atoms with Gasteiger partial charge in [0.25, 0.3) is 5.56 Å². The minimum Gasteiger partial charge on any atom is -0.284 e. The minimum atomic E-state index is -0.346. The molecule has 0 radical (unpaired) electrons. The molecule has 0 bridgehead atoms. The lowest BCUT2D eigenvalue weighted by molar-refractivity contribution is 0.626. The molecule has 76 valence electrons. The fourth-order valence-electron chi connectivity index (χ4n) is 1.43. The highest BCUT2D eigenvalue weighted by Gasteiger charge is 2.01. The summed E-state index contributed by atoms with van der Waals surface area (Å²) in [6.45, 7) is 1.73. The van der Waals surface area contributed by atoms with Crippen molar-refractivity contribution in [3.05, 3.63) is 64.3 Å². The SMILES string of the molecule is Cc1cccn(-c2cccc(F)c2)c1=O. The summed E-state index contributed by atoms with van der Waals surface area (Å²) >= 11 is 0. The first-order chi connectivity index (χ1) is 7.18. The van der Waals surface area contributed by atoms with E-state index in [0.717, 1.165) is 0 Å². The van der Waals surface area contributed by atoms with E-state index in [2.05, 4.69) is 0 Å². The Bertz CT molecular complexity index is 545. The van der Waals surface area contributed by atoms with Crippen LogP contribution in [0.15, 0.2) is 47.4 Å². The van der Waals surface area contributed by atoms with Gasteiger partial charge in [-0.15, -0.1) is 0 Å². The summed E-state index contributed by atoms with van der Waals surface area (Å²) in [5, 5.41) is 0. The maximum absolute atomic E-state index is 13.0. The van der Waals surface area contributed by atoms with Gasteiger partial charge < -0.3 is 0 Å². The molecule has 0 atom stereocenters. The van der Waals surface area contributed by atoms with Crippen molar-refractivity contribution in [2.45, 2.75) is 6.92 Å². The molecule has 1 heterocycles. The van der Waals surface area contributed by atoms with Crippen LogP contribution in [0.1, 0.15) is 5.56 Å². The highest BCUT2D eigenvalue weighted by atomic mass is 19.1. The standard InChI is InChI=1S/C12H10FNO/c1-9-4-3-7-14(12(9)15)11-6-2-5-10(13)8-11/h2-8H,1H3. The average molecular weight is 203 g/mol. The van der Waals surface area contributed by atoms with Gasteiger partial charge in [-0.3, -0.25) is 9.36 Å². The van der Waals surface area contributed by atoms with Gasteiger partial charge in [0.1, 0.15) is 5.82 Å². The van der Waals surface area contributed by atoms with Gasteiger partial charge in [-0.1, -0.05) is 12.1 Å². The van der Waals surface area contributed by atoms with Crippen LogP contribution in [0.25, 0.3) is 5.69 Å². The fourth-order valence-corrected chi connectivity index (χ4v) is 1.43. The number of hydrogen-bond acceptors (Lipinski definition) is 1. The number of pyridine rings is 1. The van der Waals surface area contributed by atoms with E-state index < -0.39 is 0 Å². The van der Waals surface area contributed by atoms with Crippen LogP contribution in [0.4, 0.5) is 4.39 Å². The zero-order chi connectivity index (χ0) is 10.8. The van der Waals surface area contributed by atoms with Crippen molar-refractivity contribution in [1.29, 1.82) is 0 Å². The summed E-state index contributed by atoms with van der Waals surface area (Å²) in [5.74, 6) is -0.346. The van der Waals surface area contributed by atoms with Crippen molar-refractivity contribution in [1.82, 2.24) is 4.57 Å². The molecule has 0 N–H and O–H groups in total. The van der Waals surface area contributed by atoms with E-state index in [9.17, 15) is 9.18 Å². The first-order valence-electron chi connectivity index (χ1n) is 4.63. The number of hydrogen-bond donors (Lipinski definition) is 0. The van der Waals surface area contributed by atoms with Crippen LogP contribution < -0.4 is 5.56 Å². The second-order valence-electron chi connectivity index (χ2n) is 3.35. The highest BCUT2D eigenvalue weighted by Crippen LogP contribution is 2.07. The van der Waals surface area contributed by atoms with Gasteiger partial charge in [-0.05, 0) is 31.2 Å². The minimum absolute atomic E-state index is 0.122. The molecule has 1 aromatic heterocycles. The normalized spacial score (nSPS) is 10.3. The molecule has 0 fully saturated rings. The molecule has 1 aromatic carbocycles. The Balaban J connectivity index is 2.65. The first kappa shape index (κ1) is 9.65. The average Bonchev–Trinajstić information content (AvgIpc) is 2.22. The van der Waals surface area contributed by atoms with E-state index >= 15 is 0 Å². The van der Waals surface area contributed by atoms with Gasteiger partial charge in [-0.25, -0.2) is 4.39 Å². The van der Waals surface area contributed by atoms with Crippen molar-refractivity contribution in [3.63, 3.8) is 0 Å². The molecule has 2 rings (SSSR count). The van der Waals surface area contributed by atoms with E-state index in [4.69, 9.17) is 0 Å². The smallest absolute Gasteiger partial charge is 0.257 e. The van der Waals surface area contributed by atoms with Crippen LogP contribution >= 0.6 is 0 Å². The molecule has 2 nitrogen and oxygen atoms in total. The van der Waals surface area contributed by atoms with Crippen molar-refractivity contribution in [3.8, 4) is 5.69 Å². The quantitative estimate of drug-likeness (QED) is 0.697. The van der Waals surface area contributed by atoms with Crippen LogP contribution in [0.3, 0.4) is 0 Å². The Morgan fingerprint density at radius 2 is 2.00 bits per heavy atom. The molecular weight excluding hydrogens is 193 g/mol. The maximum atomic E-state index is 13.0. The van der Waals surface area contributed by atoms with Crippen LogP contribution in [-0.4, -0.2) is 4.57 Å². The lowest BCUT2D eigenvalue weighted by Crippen LogP contribution is -2.19. The van der Waals surface area contributed by atoms with Crippen molar-refractivity contribution in [2.24, 2.45) is 0 Å². The van der Waals surface area contributed by atoms with E-state index in [1.165, 1.54) is 16.7 Å². The van der Waals surface area contributed by atoms with Gasteiger partial charge in [0.2, 0.25) is 0 Å². The Morgan fingerprint density at radius 1 is 1.20 bits per heavy atom. The lowest BCUT2D eigenvalue weighted by Gasteiger charge is -2.05. The highest BCUT2D eigenvalue weighted by molar-refractivity contribution is 5.33. The van der Waals surface area contributed by atoms with Crippen LogP contribution in [0, 0.1) is 12.7 Å². The molecule has 0 saturated heterocycles. The summed E-state index contributed by atoms with van der Waals surface area (Å²) in [4.78, 5) is 11.7. The van der Waals surface area contributed by atoms with E-state index in [-0.39, 0.29) is 11.4 Å². The lowest BCUT2D eigenvalue weighted by atomic mass is 10.2. The van der Waals surface area contributed by atoms with Crippen molar-refractivity contribution < 1.29 is 4.39 Å². The summed E-state index contributed by atoms with van der Waals surface area (Å²) in [6.07, 6.45) is 1.63. The zero-order valence-electron chi connectivity index (χ0n) is 8.27. The summed E-state index contributed by atoms with van der Waals surface area (Å²) in [6, 6.07) is 9.47. The second-order valence-corrected chi connectivity index (χ2v) is 3.35. The second kappa shape index (κ2) is 3.69. The molecule has 0 aliphatic heterocycles. The summed E-state index contributed by atoms with van der Waals surface area (Å²) in [5.41, 5.74) is 1.06. The number of rotatable bonds is 1. The third kappa shape index (κ3) is 1.81. The van der Waals surface area contributed by atoms with Gasteiger partial charge in [0.15, 0.2) is 0 Å². The fraction of sp³-hybridized carbons (Fsp3) is 0.0833. The summed E-state index contributed by atoms with van der Waals surface area (Å²) < 4.78 is 14.4. The molecule has 0 aliphatic carbocycles. The molecule has 15 heavy (non-hydrogen) atoms. The van der Waals surface area contributed by atoms with Crippen LogP contribution in [-0.2, 0) is 0 Å². The maximum Gasteiger partial charge on any atom is 0.257 e. The third-order valence-electron chi connectivity index (χ3n) is 2.22. The molecule has 0 saturated carbocycles.